The van der Waals surface area contributed by atoms with Gasteiger partial charge in [-0.05, 0) is 42.3 Å². The fraction of sp³-hybridized carbons (Fsp3) is 0.789. The first kappa shape index (κ1) is 20.9. The van der Waals surface area contributed by atoms with Crippen molar-refractivity contribution in [3.8, 4) is 0 Å². The van der Waals surface area contributed by atoms with E-state index in [2.05, 4.69) is 41.5 Å². The van der Waals surface area contributed by atoms with Crippen LogP contribution >= 0.6 is 0 Å². The molecule has 138 valence electrons. The molecule has 0 saturated heterocycles. The Morgan fingerprint density at radius 3 is 1.75 bits per heavy atom. The van der Waals surface area contributed by atoms with E-state index in [1.165, 1.54) is 18.6 Å². The molecular weight excluding hydrogens is 320 g/mol. The second-order valence-electron chi connectivity index (χ2n) is 7.77. The summed E-state index contributed by atoms with van der Waals surface area (Å²) in [4.78, 5) is 24.2. The van der Waals surface area contributed by atoms with Crippen molar-refractivity contribution in [3.05, 3.63) is 12.2 Å². The molecule has 0 aromatic rings. The molecule has 1 aliphatic rings. The number of carbonyl (C=O) groups is 2. The highest BCUT2D eigenvalue weighted by Crippen LogP contribution is 2.42. The van der Waals surface area contributed by atoms with Gasteiger partial charge in [0.25, 0.3) is 8.32 Å². The summed E-state index contributed by atoms with van der Waals surface area (Å²) in [6, 6.07) is 0. The van der Waals surface area contributed by atoms with Gasteiger partial charge < -0.3 is 9.16 Å². The van der Waals surface area contributed by atoms with Crippen LogP contribution in [-0.2, 0) is 18.8 Å². The molecule has 1 saturated carbocycles. The van der Waals surface area contributed by atoms with Crippen molar-refractivity contribution in [1.29, 1.82) is 0 Å². The van der Waals surface area contributed by atoms with Crippen molar-refractivity contribution >= 4 is 20.3 Å². The zero-order valence-electron chi connectivity index (χ0n) is 16.1. The minimum absolute atomic E-state index is 0.00220. The van der Waals surface area contributed by atoms with E-state index in [0.717, 1.165) is 25.7 Å². The highest BCUT2D eigenvalue weighted by Gasteiger charge is 2.47. The van der Waals surface area contributed by atoms with Crippen LogP contribution in [0.4, 0.5) is 0 Å². The average molecular weight is 355 g/mol. The summed E-state index contributed by atoms with van der Waals surface area (Å²) in [5, 5.41) is 0. The fourth-order valence-corrected chi connectivity index (χ4v) is 9.21. The quantitative estimate of drug-likeness (QED) is 0.361. The van der Waals surface area contributed by atoms with Crippen molar-refractivity contribution in [2.75, 3.05) is 0 Å². The van der Waals surface area contributed by atoms with Crippen LogP contribution < -0.4 is 0 Å². The van der Waals surface area contributed by atoms with E-state index in [1.54, 1.807) is 0 Å². The Balaban J connectivity index is 2.66. The molecule has 0 amide bonds. The molecule has 1 rings (SSSR count). The molecule has 0 heterocycles. The number of carbonyl (C=O) groups excluding carboxylic acids is 2. The summed E-state index contributed by atoms with van der Waals surface area (Å²) >= 11 is 0. The van der Waals surface area contributed by atoms with Crippen LogP contribution in [0, 0.1) is 0 Å². The van der Waals surface area contributed by atoms with E-state index >= 15 is 0 Å². The molecular formula is C19H34O4Si. The van der Waals surface area contributed by atoms with Gasteiger partial charge in [-0.15, -0.1) is 0 Å². The summed E-state index contributed by atoms with van der Waals surface area (Å²) < 4.78 is 11.4. The van der Waals surface area contributed by atoms with Gasteiger partial charge in [0.05, 0.1) is 0 Å². The largest absolute Gasteiger partial charge is 0.515 e. The molecule has 24 heavy (non-hydrogen) atoms. The first-order valence-corrected chi connectivity index (χ1v) is 11.5. The van der Waals surface area contributed by atoms with Crippen LogP contribution in [0.3, 0.4) is 0 Å². The van der Waals surface area contributed by atoms with Gasteiger partial charge in [-0.1, -0.05) is 48.0 Å². The summed E-state index contributed by atoms with van der Waals surface area (Å²) in [6.07, 6.45) is 7.73. The Bertz CT molecular complexity index is 427. The second-order valence-corrected chi connectivity index (χ2v) is 13.1. The SMILES string of the molecule is CC(C)[Si](OC(=O)/C=C\C(=O)OC1CCCCC1)(C(C)C)C(C)C. The monoisotopic (exact) mass is 354 g/mol. The molecule has 0 atom stereocenters. The van der Waals surface area contributed by atoms with Crippen molar-refractivity contribution in [2.45, 2.75) is 96.4 Å². The van der Waals surface area contributed by atoms with Gasteiger partial charge in [0, 0.05) is 12.2 Å². The molecule has 0 spiro atoms. The molecule has 0 aromatic carbocycles. The smallest absolute Gasteiger partial charge is 0.331 e. The van der Waals surface area contributed by atoms with E-state index in [1.807, 2.05) is 0 Å². The van der Waals surface area contributed by atoms with Gasteiger partial charge in [0.2, 0.25) is 0 Å². The van der Waals surface area contributed by atoms with E-state index in [0.29, 0.717) is 16.6 Å². The summed E-state index contributed by atoms with van der Waals surface area (Å²) in [6.45, 7) is 12.8. The predicted octanol–water partition coefficient (Wildman–Crippen LogP) is 5.14. The van der Waals surface area contributed by atoms with Crippen molar-refractivity contribution in [2.24, 2.45) is 0 Å². The molecule has 0 bridgehead atoms. The van der Waals surface area contributed by atoms with Crippen molar-refractivity contribution < 1.29 is 18.8 Å². The maximum atomic E-state index is 12.3. The summed E-state index contributed by atoms with van der Waals surface area (Å²) in [5.74, 6) is -0.858. The fourth-order valence-electron chi connectivity index (χ4n) is 4.08. The summed E-state index contributed by atoms with van der Waals surface area (Å²) in [5.41, 5.74) is 0.970. The molecule has 5 heteroatoms. The van der Waals surface area contributed by atoms with Crippen molar-refractivity contribution in [3.63, 3.8) is 0 Å². The van der Waals surface area contributed by atoms with Gasteiger partial charge in [0.1, 0.15) is 6.10 Å². The zero-order chi connectivity index (χ0) is 18.3. The lowest BCUT2D eigenvalue weighted by Gasteiger charge is -2.40. The maximum Gasteiger partial charge on any atom is 0.331 e. The average Bonchev–Trinajstić information content (AvgIpc) is 2.50. The van der Waals surface area contributed by atoms with Crippen molar-refractivity contribution in [1.82, 2.24) is 0 Å². The molecule has 0 aromatic heterocycles. The lowest BCUT2D eigenvalue weighted by molar-refractivity contribution is -0.144. The number of ether oxygens (including phenoxy) is 1. The standard InChI is InChI=1S/C19H34O4Si/c1-14(2)24(15(3)4,16(5)6)23-19(21)13-12-18(20)22-17-10-8-7-9-11-17/h12-17H,7-11H2,1-6H3/b13-12-. The van der Waals surface area contributed by atoms with Gasteiger partial charge in [-0.2, -0.15) is 0 Å². The third-order valence-corrected chi connectivity index (χ3v) is 11.1. The van der Waals surface area contributed by atoms with E-state index in [-0.39, 0.29) is 6.10 Å². The first-order valence-electron chi connectivity index (χ1n) is 9.31. The topological polar surface area (TPSA) is 52.6 Å². The molecule has 1 fully saturated rings. The van der Waals surface area contributed by atoms with Gasteiger partial charge in [-0.3, -0.25) is 0 Å². The van der Waals surface area contributed by atoms with Crippen LogP contribution in [0.2, 0.25) is 16.6 Å². The second kappa shape index (κ2) is 9.40. The maximum absolute atomic E-state index is 12.3. The van der Waals surface area contributed by atoms with E-state index in [9.17, 15) is 9.59 Å². The normalized spacial score (nSPS) is 17.0. The van der Waals surface area contributed by atoms with Crippen LogP contribution in [-0.4, -0.2) is 26.4 Å². The Morgan fingerprint density at radius 1 is 0.833 bits per heavy atom. The zero-order valence-corrected chi connectivity index (χ0v) is 17.1. The first-order chi connectivity index (χ1) is 11.2. The van der Waals surface area contributed by atoms with E-state index < -0.39 is 20.3 Å². The number of rotatable bonds is 7. The van der Waals surface area contributed by atoms with Crippen LogP contribution in [0.1, 0.15) is 73.6 Å². The van der Waals surface area contributed by atoms with Gasteiger partial charge in [0.15, 0.2) is 0 Å². The highest BCUT2D eigenvalue weighted by atomic mass is 28.4. The minimum Gasteiger partial charge on any atom is -0.515 e. The third-order valence-electron chi connectivity index (χ3n) is 5.17. The molecule has 1 aliphatic carbocycles. The van der Waals surface area contributed by atoms with Crippen LogP contribution in [0.15, 0.2) is 12.2 Å². The number of hydrogen-bond acceptors (Lipinski definition) is 4. The minimum atomic E-state index is -2.26. The number of esters is 1. The molecule has 4 nitrogen and oxygen atoms in total. The molecule has 0 unspecified atom stereocenters. The van der Waals surface area contributed by atoms with Crippen LogP contribution in [0.5, 0.6) is 0 Å². The van der Waals surface area contributed by atoms with Crippen LogP contribution in [0.25, 0.3) is 0 Å². The number of hydrogen-bond donors (Lipinski definition) is 0. The molecule has 0 aliphatic heterocycles. The lowest BCUT2D eigenvalue weighted by Crippen LogP contribution is -2.49. The Morgan fingerprint density at radius 2 is 1.29 bits per heavy atom. The molecule has 0 radical (unpaired) electrons. The van der Waals surface area contributed by atoms with Gasteiger partial charge in [-0.25, -0.2) is 9.59 Å². The Labute approximate surface area is 148 Å². The lowest BCUT2D eigenvalue weighted by atomic mass is 9.98. The Hall–Kier alpha value is -1.10. The van der Waals surface area contributed by atoms with Gasteiger partial charge >= 0.3 is 11.9 Å². The van der Waals surface area contributed by atoms with E-state index in [4.69, 9.17) is 9.16 Å². The predicted molar refractivity (Wildman–Crippen MR) is 99.2 cm³/mol. The molecule has 0 N–H and O–H groups in total. The summed E-state index contributed by atoms with van der Waals surface area (Å²) in [7, 11) is -2.26. The highest BCUT2D eigenvalue weighted by molar-refractivity contribution is 6.79. The Kier molecular flexibility index (Phi) is 8.20. The third kappa shape index (κ3) is 5.47.